The third-order valence-corrected chi connectivity index (χ3v) is 7.65. The number of aromatic nitrogens is 3. The van der Waals surface area contributed by atoms with Gasteiger partial charge in [-0.15, -0.1) is 0 Å². The topological polar surface area (TPSA) is 102 Å². The number of carbonyl (C=O) groups is 1. The van der Waals surface area contributed by atoms with E-state index < -0.39 is 5.82 Å². The maximum Gasteiger partial charge on any atom is 0.230 e. The number of hydrogen-bond donors (Lipinski definition) is 0. The Kier molecular flexibility index (Phi) is 9.20. The summed E-state index contributed by atoms with van der Waals surface area (Å²) in [6.45, 7) is 4.75. The third-order valence-electron chi connectivity index (χ3n) is 7.65. The van der Waals surface area contributed by atoms with Crippen molar-refractivity contribution in [2.24, 2.45) is 7.05 Å². The van der Waals surface area contributed by atoms with Gasteiger partial charge in [0.2, 0.25) is 5.88 Å². The molecule has 3 aromatic carbocycles. The molecule has 0 saturated carbocycles. The van der Waals surface area contributed by atoms with Crippen LogP contribution >= 0.6 is 0 Å². The predicted molar refractivity (Wildman–Crippen MR) is 166 cm³/mol. The summed E-state index contributed by atoms with van der Waals surface area (Å²) in [5.41, 5.74) is 3.06. The molecule has 0 bridgehead atoms. The molecule has 0 aliphatic heterocycles. The SMILES string of the molecule is CCc1ccc2c(c1)c(=O)c(C(=O)Cc1ccc(Oc3ncnc4cc(OCCCOC)c(OC)cc34)c(F)c1)c(C)n2C. The van der Waals surface area contributed by atoms with Gasteiger partial charge < -0.3 is 23.5 Å². The van der Waals surface area contributed by atoms with Gasteiger partial charge in [0.15, 0.2) is 34.3 Å². The van der Waals surface area contributed by atoms with E-state index in [2.05, 4.69) is 9.97 Å². The van der Waals surface area contributed by atoms with E-state index >= 15 is 4.39 Å². The van der Waals surface area contributed by atoms with Gasteiger partial charge in [0.05, 0.1) is 35.7 Å². The Hall–Kier alpha value is -4.83. The summed E-state index contributed by atoms with van der Waals surface area (Å²) in [5, 5.41) is 0.996. The maximum atomic E-state index is 15.3. The zero-order valence-electron chi connectivity index (χ0n) is 25.4. The molecule has 5 rings (SSSR count). The van der Waals surface area contributed by atoms with Crippen LogP contribution in [-0.4, -0.2) is 47.8 Å². The Balaban J connectivity index is 1.39. The second kappa shape index (κ2) is 13.2. The van der Waals surface area contributed by atoms with Gasteiger partial charge in [-0.2, -0.15) is 0 Å². The minimum Gasteiger partial charge on any atom is -0.493 e. The average molecular weight is 600 g/mol. The van der Waals surface area contributed by atoms with Crippen LogP contribution < -0.4 is 19.6 Å². The highest BCUT2D eigenvalue weighted by molar-refractivity contribution is 6.01. The fraction of sp³-hybridized carbons (Fsp3) is 0.294. The average Bonchev–Trinajstić information content (AvgIpc) is 3.02. The van der Waals surface area contributed by atoms with Gasteiger partial charge in [0, 0.05) is 50.8 Å². The number of Topliss-reactive ketones (excluding diaryl/α,β-unsaturated/α-hetero) is 1. The highest BCUT2D eigenvalue weighted by atomic mass is 19.1. The summed E-state index contributed by atoms with van der Waals surface area (Å²) in [6, 6.07) is 13.4. The second-order valence-electron chi connectivity index (χ2n) is 10.4. The Labute approximate surface area is 254 Å². The molecule has 2 heterocycles. The van der Waals surface area contributed by atoms with E-state index in [0.717, 1.165) is 17.5 Å². The monoisotopic (exact) mass is 599 g/mol. The number of benzene rings is 3. The summed E-state index contributed by atoms with van der Waals surface area (Å²) in [6.07, 6.45) is 2.65. The summed E-state index contributed by atoms with van der Waals surface area (Å²) < 4.78 is 39.4. The first-order valence-electron chi connectivity index (χ1n) is 14.3. The van der Waals surface area contributed by atoms with Crippen LogP contribution in [0, 0.1) is 12.7 Å². The number of rotatable bonds is 12. The lowest BCUT2D eigenvalue weighted by Crippen LogP contribution is -2.23. The number of carbonyl (C=O) groups excluding carboxylic acids is 1. The van der Waals surface area contributed by atoms with Crippen LogP contribution in [0.15, 0.2) is 59.7 Å². The summed E-state index contributed by atoms with van der Waals surface area (Å²) in [4.78, 5) is 35.3. The number of ether oxygens (including phenoxy) is 4. The molecule has 5 aromatic rings. The predicted octanol–water partition coefficient (Wildman–Crippen LogP) is 6.13. The molecular formula is C34H34FN3O6. The van der Waals surface area contributed by atoms with Crippen molar-refractivity contribution in [3.63, 3.8) is 0 Å². The number of halogens is 1. The molecule has 0 atom stereocenters. The van der Waals surface area contributed by atoms with Crippen LogP contribution in [0.3, 0.4) is 0 Å². The Bertz CT molecular complexity index is 1920. The Morgan fingerprint density at radius 3 is 2.45 bits per heavy atom. The molecule has 0 N–H and O–H groups in total. The Morgan fingerprint density at radius 1 is 0.932 bits per heavy atom. The normalized spacial score (nSPS) is 11.2. The summed E-state index contributed by atoms with van der Waals surface area (Å²) in [5.74, 6) is -0.0567. The van der Waals surface area contributed by atoms with E-state index in [4.69, 9.17) is 18.9 Å². The van der Waals surface area contributed by atoms with E-state index in [9.17, 15) is 9.59 Å². The van der Waals surface area contributed by atoms with E-state index in [-0.39, 0.29) is 34.8 Å². The van der Waals surface area contributed by atoms with E-state index in [1.807, 2.05) is 36.7 Å². The minimum atomic E-state index is -0.678. The van der Waals surface area contributed by atoms with Crippen molar-refractivity contribution < 1.29 is 28.1 Å². The lowest BCUT2D eigenvalue weighted by atomic mass is 9.98. The minimum absolute atomic E-state index is 0.0787. The van der Waals surface area contributed by atoms with Gasteiger partial charge in [-0.3, -0.25) is 9.59 Å². The molecule has 9 nitrogen and oxygen atoms in total. The largest absolute Gasteiger partial charge is 0.493 e. The highest BCUT2D eigenvalue weighted by Crippen LogP contribution is 2.36. The van der Waals surface area contributed by atoms with Crippen molar-refractivity contribution >= 4 is 27.6 Å². The fourth-order valence-corrected chi connectivity index (χ4v) is 5.15. The number of pyridine rings is 1. The first kappa shape index (κ1) is 30.6. The molecule has 0 aliphatic rings. The molecule has 0 spiro atoms. The number of fused-ring (bicyclic) bond motifs is 2. The fourth-order valence-electron chi connectivity index (χ4n) is 5.15. The van der Waals surface area contributed by atoms with Gasteiger partial charge in [-0.25, -0.2) is 14.4 Å². The van der Waals surface area contributed by atoms with Gasteiger partial charge in [-0.1, -0.05) is 19.1 Å². The van der Waals surface area contributed by atoms with Crippen LogP contribution in [-0.2, 0) is 24.6 Å². The molecule has 0 radical (unpaired) electrons. The van der Waals surface area contributed by atoms with Crippen molar-refractivity contribution in [1.29, 1.82) is 0 Å². The van der Waals surface area contributed by atoms with Crippen LogP contribution in [0.2, 0.25) is 0 Å². The van der Waals surface area contributed by atoms with Crippen LogP contribution in [0.25, 0.3) is 21.8 Å². The number of aryl methyl sites for hydroxylation is 2. The highest BCUT2D eigenvalue weighted by Gasteiger charge is 2.21. The smallest absolute Gasteiger partial charge is 0.230 e. The molecule has 228 valence electrons. The molecule has 0 aliphatic carbocycles. The third kappa shape index (κ3) is 6.12. The molecule has 44 heavy (non-hydrogen) atoms. The molecule has 0 unspecified atom stereocenters. The summed E-state index contributed by atoms with van der Waals surface area (Å²) >= 11 is 0. The van der Waals surface area contributed by atoms with E-state index in [1.54, 1.807) is 32.2 Å². The van der Waals surface area contributed by atoms with Gasteiger partial charge in [0.1, 0.15) is 6.33 Å². The van der Waals surface area contributed by atoms with Crippen molar-refractivity contribution in [3.05, 3.63) is 93.3 Å². The van der Waals surface area contributed by atoms with Crippen molar-refractivity contribution in [2.45, 2.75) is 33.1 Å². The second-order valence-corrected chi connectivity index (χ2v) is 10.4. The summed E-state index contributed by atoms with van der Waals surface area (Å²) in [7, 11) is 4.97. The number of ketones is 1. The molecule has 2 aromatic heterocycles. The van der Waals surface area contributed by atoms with Crippen molar-refractivity contribution in [2.75, 3.05) is 27.4 Å². The van der Waals surface area contributed by atoms with Gasteiger partial charge in [-0.05, 0) is 54.8 Å². The van der Waals surface area contributed by atoms with Crippen LogP contribution in [0.4, 0.5) is 4.39 Å². The number of methoxy groups -OCH3 is 2. The van der Waals surface area contributed by atoms with Crippen molar-refractivity contribution in [1.82, 2.24) is 14.5 Å². The lowest BCUT2D eigenvalue weighted by Gasteiger charge is -2.15. The standard InChI is InChI=1S/C34H34FN3O6/c1-6-21-8-10-27-24(14-21)33(40)32(20(2)38(27)3)28(39)16-22-9-11-29(25(35)15-22)44-34-23-17-30(42-5)31(43-13-7-12-41-4)18-26(23)36-19-37-34/h8-11,14-15,17-19H,6-7,12-13,16H2,1-5H3. The van der Waals surface area contributed by atoms with E-state index in [1.165, 1.54) is 25.6 Å². The Morgan fingerprint density at radius 2 is 1.73 bits per heavy atom. The van der Waals surface area contributed by atoms with Crippen LogP contribution in [0.1, 0.15) is 40.5 Å². The van der Waals surface area contributed by atoms with E-state index in [0.29, 0.717) is 58.7 Å². The first-order valence-corrected chi connectivity index (χ1v) is 14.3. The lowest BCUT2D eigenvalue weighted by molar-refractivity contribution is 0.0990. The van der Waals surface area contributed by atoms with Crippen molar-refractivity contribution in [3.8, 4) is 23.1 Å². The quantitative estimate of drug-likeness (QED) is 0.125. The van der Waals surface area contributed by atoms with Gasteiger partial charge >= 0.3 is 0 Å². The zero-order valence-corrected chi connectivity index (χ0v) is 25.4. The van der Waals surface area contributed by atoms with Gasteiger partial charge in [0.25, 0.3) is 0 Å². The number of hydrogen-bond acceptors (Lipinski definition) is 8. The van der Waals surface area contributed by atoms with Crippen LogP contribution in [0.5, 0.6) is 23.1 Å². The number of nitrogens with zero attached hydrogens (tertiary/aromatic N) is 3. The zero-order chi connectivity index (χ0) is 31.4. The molecule has 0 saturated heterocycles. The molecule has 0 amide bonds. The maximum absolute atomic E-state index is 15.3. The molecule has 10 heteroatoms. The molecular weight excluding hydrogens is 565 g/mol. The molecule has 0 fully saturated rings. The first-order chi connectivity index (χ1) is 21.2.